The largest absolute Gasteiger partial charge is 0.142 e. The minimum Gasteiger partial charge on any atom is -0.142 e. The fourth-order valence-electron chi connectivity index (χ4n) is 4.60. The summed E-state index contributed by atoms with van der Waals surface area (Å²) in [5.41, 5.74) is 7.51. The van der Waals surface area contributed by atoms with Crippen LogP contribution in [0.2, 0.25) is 5.02 Å². The summed E-state index contributed by atoms with van der Waals surface area (Å²) >= 11 is 8.07. The van der Waals surface area contributed by atoms with Crippen LogP contribution in [0.3, 0.4) is 0 Å². The molecule has 32 heavy (non-hydrogen) atoms. The van der Waals surface area contributed by atoms with Gasteiger partial charge in [-0.3, -0.25) is 0 Å². The van der Waals surface area contributed by atoms with Crippen molar-refractivity contribution >= 4 is 43.8 Å². The molecule has 6 rings (SSSR count). The highest BCUT2D eigenvalue weighted by molar-refractivity contribution is 7.18. The van der Waals surface area contributed by atoms with Crippen molar-refractivity contribution in [2.24, 2.45) is 0 Å². The number of rotatable bonds is 3. The first-order valence-corrected chi connectivity index (χ1v) is 11.9. The van der Waals surface area contributed by atoms with Crippen molar-refractivity contribution < 1.29 is 0 Å². The Morgan fingerprint density at radius 1 is 0.500 bits per heavy atom. The average Bonchev–Trinajstić information content (AvgIpc) is 3.30. The van der Waals surface area contributed by atoms with Gasteiger partial charge in [0.2, 0.25) is 0 Å². The molecule has 0 bridgehead atoms. The van der Waals surface area contributed by atoms with Crippen LogP contribution in [0.1, 0.15) is 0 Å². The van der Waals surface area contributed by atoms with Crippen molar-refractivity contribution in [3.05, 3.63) is 120 Å². The van der Waals surface area contributed by atoms with E-state index in [0.717, 1.165) is 5.02 Å². The SMILES string of the molecule is Clc1ccc(-c2c(-c3ccccc3)c3scc(-c4ccccc4)c3c3ccccc23)cc1. The molecule has 0 saturated heterocycles. The summed E-state index contributed by atoms with van der Waals surface area (Å²) in [4.78, 5) is 0. The maximum atomic E-state index is 6.24. The standard InChI is InChI=1S/C30H19ClS/c31-23-17-15-22(16-18-23)27-24-13-7-8-14-25(24)29-26(20-9-3-1-4-10-20)19-32-30(29)28(27)21-11-5-2-6-12-21/h1-19H. The summed E-state index contributed by atoms with van der Waals surface area (Å²) in [6.07, 6.45) is 0. The molecule has 1 aromatic heterocycles. The van der Waals surface area contributed by atoms with Gasteiger partial charge in [0, 0.05) is 26.2 Å². The molecule has 0 amide bonds. The average molecular weight is 447 g/mol. The molecule has 0 aliphatic heterocycles. The predicted molar refractivity (Wildman–Crippen MR) is 141 cm³/mol. The van der Waals surface area contributed by atoms with Gasteiger partial charge in [-0.05, 0) is 50.5 Å². The summed E-state index contributed by atoms with van der Waals surface area (Å²) in [6.45, 7) is 0. The molecule has 0 aliphatic rings. The van der Waals surface area contributed by atoms with Gasteiger partial charge in [0.1, 0.15) is 0 Å². The van der Waals surface area contributed by atoms with Crippen molar-refractivity contribution in [2.45, 2.75) is 0 Å². The summed E-state index contributed by atoms with van der Waals surface area (Å²) in [7, 11) is 0. The molecule has 0 fully saturated rings. The first kappa shape index (κ1) is 19.3. The molecular weight excluding hydrogens is 428 g/mol. The van der Waals surface area contributed by atoms with E-state index in [9.17, 15) is 0 Å². The van der Waals surface area contributed by atoms with E-state index in [1.165, 1.54) is 54.2 Å². The number of thiophene rings is 1. The monoisotopic (exact) mass is 446 g/mol. The minimum atomic E-state index is 0.753. The first-order valence-electron chi connectivity index (χ1n) is 10.6. The second-order valence-corrected chi connectivity index (χ2v) is 9.20. The van der Waals surface area contributed by atoms with Crippen molar-refractivity contribution in [3.63, 3.8) is 0 Å². The third-order valence-corrected chi connectivity index (χ3v) is 7.26. The normalized spacial score (nSPS) is 11.3. The quantitative estimate of drug-likeness (QED) is 0.253. The molecule has 0 saturated carbocycles. The summed E-state index contributed by atoms with van der Waals surface area (Å²) in [5.74, 6) is 0. The van der Waals surface area contributed by atoms with Gasteiger partial charge in [0.15, 0.2) is 0 Å². The van der Waals surface area contributed by atoms with E-state index in [4.69, 9.17) is 11.6 Å². The zero-order chi connectivity index (χ0) is 21.5. The van der Waals surface area contributed by atoms with Crippen LogP contribution in [-0.4, -0.2) is 0 Å². The number of benzene rings is 5. The molecule has 0 radical (unpaired) electrons. The Morgan fingerprint density at radius 3 is 1.75 bits per heavy atom. The van der Waals surface area contributed by atoms with E-state index in [1.807, 2.05) is 23.5 Å². The predicted octanol–water partition coefficient (Wildman–Crippen LogP) is 9.71. The second-order valence-electron chi connectivity index (χ2n) is 7.89. The summed E-state index contributed by atoms with van der Waals surface area (Å²) in [5, 5.41) is 6.94. The Balaban J connectivity index is 1.82. The molecule has 152 valence electrons. The fourth-order valence-corrected chi connectivity index (χ4v) is 5.89. The van der Waals surface area contributed by atoms with Crippen LogP contribution in [0.15, 0.2) is 115 Å². The smallest absolute Gasteiger partial charge is 0.0440 e. The van der Waals surface area contributed by atoms with Gasteiger partial charge >= 0.3 is 0 Å². The fraction of sp³-hybridized carbons (Fsp3) is 0. The lowest BCUT2D eigenvalue weighted by Crippen LogP contribution is -1.90. The molecule has 0 spiro atoms. The number of fused-ring (bicyclic) bond motifs is 3. The molecule has 0 atom stereocenters. The molecule has 5 aromatic carbocycles. The van der Waals surface area contributed by atoms with Crippen molar-refractivity contribution in [2.75, 3.05) is 0 Å². The molecule has 6 aromatic rings. The van der Waals surface area contributed by atoms with Gasteiger partial charge in [0.05, 0.1) is 0 Å². The molecule has 2 heteroatoms. The maximum Gasteiger partial charge on any atom is 0.0440 e. The maximum absolute atomic E-state index is 6.24. The first-order chi connectivity index (χ1) is 15.8. The Morgan fingerprint density at radius 2 is 1.06 bits per heavy atom. The lowest BCUT2D eigenvalue weighted by atomic mass is 9.86. The van der Waals surface area contributed by atoms with Gasteiger partial charge < -0.3 is 0 Å². The Bertz CT molecular complexity index is 1550. The molecule has 0 aliphatic carbocycles. The van der Waals surface area contributed by atoms with Gasteiger partial charge in [0.25, 0.3) is 0 Å². The molecule has 0 unspecified atom stereocenters. The molecule has 0 nitrogen and oxygen atoms in total. The van der Waals surface area contributed by atoms with Crippen LogP contribution < -0.4 is 0 Å². The van der Waals surface area contributed by atoms with Crippen molar-refractivity contribution in [3.8, 4) is 33.4 Å². The van der Waals surface area contributed by atoms with Crippen LogP contribution >= 0.6 is 22.9 Å². The van der Waals surface area contributed by atoms with Gasteiger partial charge in [-0.25, -0.2) is 0 Å². The highest BCUT2D eigenvalue weighted by Gasteiger charge is 2.21. The van der Waals surface area contributed by atoms with Gasteiger partial charge in [-0.2, -0.15) is 0 Å². The lowest BCUT2D eigenvalue weighted by molar-refractivity contribution is 1.64. The topological polar surface area (TPSA) is 0 Å². The zero-order valence-electron chi connectivity index (χ0n) is 17.3. The van der Waals surface area contributed by atoms with E-state index in [-0.39, 0.29) is 0 Å². The van der Waals surface area contributed by atoms with Crippen molar-refractivity contribution in [1.29, 1.82) is 0 Å². The van der Waals surface area contributed by atoms with E-state index in [2.05, 4.69) is 102 Å². The van der Waals surface area contributed by atoms with Gasteiger partial charge in [-0.15, -0.1) is 11.3 Å². The minimum absolute atomic E-state index is 0.753. The van der Waals surface area contributed by atoms with Crippen molar-refractivity contribution in [1.82, 2.24) is 0 Å². The summed E-state index contributed by atoms with van der Waals surface area (Å²) < 4.78 is 1.32. The van der Waals surface area contributed by atoms with Crippen LogP contribution in [0.4, 0.5) is 0 Å². The van der Waals surface area contributed by atoms with E-state index < -0.39 is 0 Å². The van der Waals surface area contributed by atoms with Crippen LogP contribution in [0.25, 0.3) is 54.2 Å². The third-order valence-electron chi connectivity index (χ3n) is 6.01. The Hall–Kier alpha value is -3.39. The highest BCUT2D eigenvalue weighted by atomic mass is 35.5. The molecule has 0 N–H and O–H groups in total. The Kier molecular flexibility index (Phi) is 4.79. The molecular formula is C30H19ClS. The number of hydrogen-bond acceptors (Lipinski definition) is 1. The van der Waals surface area contributed by atoms with E-state index in [0.29, 0.717) is 0 Å². The Labute approximate surface area is 196 Å². The summed E-state index contributed by atoms with van der Waals surface area (Å²) in [6, 6.07) is 38.4. The molecule has 1 heterocycles. The van der Waals surface area contributed by atoms with Gasteiger partial charge in [-0.1, -0.05) is 109 Å². The highest BCUT2D eigenvalue weighted by Crippen LogP contribution is 2.49. The number of hydrogen-bond donors (Lipinski definition) is 0. The lowest BCUT2D eigenvalue weighted by Gasteiger charge is -2.17. The van der Waals surface area contributed by atoms with E-state index in [1.54, 1.807) is 0 Å². The number of halogens is 1. The van der Waals surface area contributed by atoms with Crippen LogP contribution in [-0.2, 0) is 0 Å². The van der Waals surface area contributed by atoms with Crippen LogP contribution in [0.5, 0.6) is 0 Å². The van der Waals surface area contributed by atoms with E-state index >= 15 is 0 Å². The van der Waals surface area contributed by atoms with Crippen LogP contribution in [0, 0.1) is 0 Å². The zero-order valence-corrected chi connectivity index (χ0v) is 18.8. The third kappa shape index (κ3) is 3.14. The second kappa shape index (κ2) is 7.94.